The minimum atomic E-state index is -0.933. The normalized spacial score (nSPS) is 13.0. The van der Waals surface area contributed by atoms with E-state index in [-0.39, 0.29) is 5.56 Å². The van der Waals surface area contributed by atoms with Crippen LogP contribution in [0.4, 0.5) is 0 Å². The van der Waals surface area contributed by atoms with Gasteiger partial charge in [-0.3, -0.25) is 0 Å². The van der Waals surface area contributed by atoms with Gasteiger partial charge in [0.1, 0.15) is 0 Å². The minimum Gasteiger partial charge on any atom is -0.478 e. The van der Waals surface area contributed by atoms with E-state index in [1.165, 1.54) is 0 Å². The fourth-order valence-corrected chi connectivity index (χ4v) is 2.90. The molecule has 2 aromatic carbocycles. The molecule has 0 amide bonds. The molecule has 0 saturated heterocycles. The molecule has 0 atom stereocenters. The number of nitrogens with zero attached hydrogens (tertiary/aromatic N) is 1. The van der Waals surface area contributed by atoms with Gasteiger partial charge in [0.25, 0.3) is 0 Å². The van der Waals surface area contributed by atoms with Gasteiger partial charge in [-0.15, -0.1) is 0 Å². The first kappa shape index (κ1) is 14.1. The monoisotopic (exact) mass is 289 g/mol. The first-order chi connectivity index (χ1) is 10.6. The molecule has 1 aliphatic rings. The summed E-state index contributed by atoms with van der Waals surface area (Å²) in [6.07, 6.45) is 3.89. The quantitative estimate of drug-likeness (QED) is 0.910. The van der Waals surface area contributed by atoms with E-state index >= 15 is 0 Å². The smallest absolute Gasteiger partial charge is 0.335 e. The van der Waals surface area contributed by atoms with Crippen molar-refractivity contribution in [2.24, 2.45) is 0 Å². The van der Waals surface area contributed by atoms with Crippen molar-refractivity contribution >= 4 is 11.5 Å². The number of rotatable bonds is 2. The van der Waals surface area contributed by atoms with Crippen LogP contribution >= 0.6 is 0 Å². The summed E-state index contributed by atoms with van der Waals surface area (Å²) in [5, 5.41) is 18.6. The van der Waals surface area contributed by atoms with Crippen molar-refractivity contribution in [2.75, 3.05) is 0 Å². The molecule has 3 rings (SSSR count). The van der Waals surface area contributed by atoms with E-state index in [0.29, 0.717) is 5.56 Å². The zero-order chi connectivity index (χ0) is 15.7. The van der Waals surface area contributed by atoms with Crippen LogP contribution in [0.2, 0.25) is 0 Å². The second-order valence-electron chi connectivity index (χ2n) is 5.49. The van der Waals surface area contributed by atoms with Crippen LogP contribution in [0.15, 0.2) is 42.5 Å². The van der Waals surface area contributed by atoms with Crippen molar-refractivity contribution < 1.29 is 9.90 Å². The van der Waals surface area contributed by atoms with Crippen molar-refractivity contribution in [3.8, 4) is 6.07 Å². The Labute approximate surface area is 129 Å². The highest BCUT2D eigenvalue weighted by Gasteiger charge is 2.18. The SMILES string of the molecule is Cc1ccc(C2=CCCc3ccc(C(=O)O)cc32)c(C#N)c1. The number of aromatic carboxylic acids is 1. The fraction of sp³-hybridized carbons (Fsp3) is 0.158. The summed E-state index contributed by atoms with van der Waals surface area (Å²) in [7, 11) is 0. The van der Waals surface area contributed by atoms with Crippen LogP contribution < -0.4 is 0 Å². The van der Waals surface area contributed by atoms with E-state index in [0.717, 1.165) is 40.7 Å². The molecular weight excluding hydrogens is 274 g/mol. The molecule has 0 bridgehead atoms. The lowest BCUT2D eigenvalue weighted by Crippen LogP contribution is -2.06. The van der Waals surface area contributed by atoms with Crippen LogP contribution in [0.1, 0.15) is 44.6 Å². The van der Waals surface area contributed by atoms with Crippen molar-refractivity contribution in [3.05, 3.63) is 75.9 Å². The molecule has 0 radical (unpaired) electrons. The van der Waals surface area contributed by atoms with Crippen LogP contribution in [0, 0.1) is 18.3 Å². The molecule has 0 fully saturated rings. The van der Waals surface area contributed by atoms with Crippen LogP contribution in [0.3, 0.4) is 0 Å². The first-order valence-electron chi connectivity index (χ1n) is 7.18. The highest BCUT2D eigenvalue weighted by Crippen LogP contribution is 2.34. The molecule has 0 unspecified atom stereocenters. The number of benzene rings is 2. The number of fused-ring (bicyclic) bond motifs is 1. The molecule has 2 aromatic rings. The maximum Gasteiger partial charge on any atom is 0.335 e. The fourth-order valence-electron chi connectivity index (χ4n) is 2.90. The molecule has 0 aliphatic heterocycles. The molecule has 22 heavy (non-hydrogen) atoms. The lowest BCUT2D eigenvalue weighted by atomic mass is 9.84. The van der Waals surface area contributed by atoms with Crippen LogP contribution in [-0.2, 0) is 6.42 Å². The zero-order valence-electron chi connectivity index (χ0n) is 12.3. The van der Waals surface area contributed by atoms with Gasteiger partial charge < -0.3 is 5.11 Å². The van der Waals surface area contributed by atoms with E-state index < -0.39 is 5.97 Å². The van der Waals surface area contributed by atoms with E-state index in [2.05, 4.69) is 12.1 Å². The maximum absolute atomic E-state index is 11.2. The van der Waals surface area contributed by atoms with Crippen molar-refractivity contribution in [3.63, 3.8) is 0 Å². The predicted octanol–water partition coefficient (Wildman–Crippen LogP) is 3.94. The molecular formula is C19H15NO2. The van der Waals surface area contributed by atoms with Gasteiger partial charge in [0, 0.05) is 0 Å². The maximum atomic E-state index is 11.2. The molecule has 0 heterocycles. The number of aryl methyl sites for hydroxylation is 2. The Morgan fingerprint density at radius 3 is 2.73 bits per heavy atom. The number of hydrogen-bond acceptors (Lipinski definition) is 2. The minimum absolute atomic E-state index is 0.275. The lowest BCUT2D eigenvalue weighted by molar-refractivity contribution is 0.0697. The van der Waals surface area contributed by atoms with Gasteiger partial charge in [-0.05, 0) is 65.8 Å². The van der Waals surface area contributed by atoms with Crippen molar-refractivity contribution in [1.82, 2.24) is 0 Å². The number of carbonyl (C=O) groups is 1. The Morgan fingerprint density at radius 1 is 1.18 bits per heavy atom. The Kier molecular flexibility index (Phi) is 3.52. The summed E-state index contributed by atoms with van der Waals surface area (Å²) < 4.78 is 0. The Morgan fingerprint density at radius 2 is 2.00 bits per heavy atom. The van der Waals surface area contributed by atoms with Gasteiger partial charge in [-0.25, -0.2) is 4.79 Å². The summed E-state index contributed by atoms with van der Waals surface area (Å²) in [6.45, 7) is 1.95. The van der Waals surface area contributed by atoms with Gasteiger partial charge >= 0.3 is 5.97 Å². The number of carboxylic acids is 1. The number of hydrogen-bond donors (Lipinski definition) is 1. The van der Waals surface area contributed by atoms with E-state index in [1.807, 2.05) is 31.2 Å². The second-order valence-corrected chi connectivity index (χ2v) is 5.49. The summed E-state index contributed by atoms with van der Waals surface area (Å²) in [5.74, 6) is -0.933. The Hall–Kier alpha value is -2.86. The van der Waals surface area contributed by atoms with Gasteiger partial charge in [0.15, 0.2) is 0 Å². The Balaban J connectivity index is 2.19. The number of allylic oxidation sites excluding steroid dienone is 1. The molecule has 0 spiro atoms. The largest absolute Gasteiger partial charge is 0.478 e. The van der Waals surface area contributed by atoms with Crippen LogP contribution in [0.5, 0.6) is 0 Å². The first-order valence-corrected chi connectivity index (χ1v) is 7.18. The highest BCUT2D eigenvalue weighted by molar-refractivity contribution is 5.92. The Bertz CT molecular complexity index is 841. The zero-order valence-corrected chi connectivity index (χ0v) is 12.3. The van der Waals surface area contributed by atoms with Crippen molar-refractivity contribution in [1.29, 1.82) is 5.26 Å². The van der Waals surface area contributed by atoms with E-state index in [1.54, 1.807) is 12.1 Å². The molecule has 3 heteroatoms. The third-order valence-corrected chi connectivity index (χ3v) is 3.99. The predicted molar refractivity (Wildman–Crippen MR) is 84.7 cm³/mol. The standard InChI is InChI=1S/C19H15NO2/c1-12-5-8-16(15(9-12)11-20)17-4-2-3-13-6-7-14(19(21)22)10-18(13)17/h4-10H,2-3H2,1H3,(H,21,22). The van der Waals surface area contributed by atoms with Crippen LogP contribution in [0.25, 0.3) is 5.57 Å². The molecule has 1 N–H and O–H groups in total. The second kappa shape index (κ2) is 5.50. The number of nitriles is 1. The van der Waals surface area contributed by atoms with Gasteiger partial charge in [0.05, 0.1) is 17.2 Å². The van der Waals surface area contributed by atoms with E-state index in [4.69, 9.17) is 0 Å². The number of carboxylic acid groups (broad SMARTS) is 1. The summed E-state index contributed by atoms with van der Waals surface area (Å²) in [5.41, 5.74) is 5.82. The van der Waals surface area contributed by atoms with Gasteiger partial charge in [-0.2, -0.15) is 5.26 Å². The summed E-state index contributed by atoms with van der Waals surface area (Å²) >= 11 is 0. The van der Waals surface area contributed by atoms with E-state index in [9.17, 15) is 15.2 Å². The average molecular weight is 289 g/mol. The van der Waals surface area contributed by atoms with Crippen LogP contribution in [-0.4, -0.2) is 11.1 Å². The molecule has 108 valence electrons. The molecule has 0 aromatic heterocycles. The summed E-state index contributed by atoms with van der Waals surface area (Å²) in [6, 6.07) is 13.3. The van der Waals surface area contributed by atoms with Crippen molar-refractivity contribution in [2.45, 2.75) is 19.8 Å². The summed E-state index contributed by atoms with van der Waals surface area (Å²) in [4.78, 5) is 11.2. The molecule has 1 aliphatic carbocycles. The highest BCUT2D eigenvalue weighted by atomic mass is 16.4. The average Bonchev–Trinajstić information content (AvgIpc) is 2.53. The van der Waals surface area contributed by atoms with Gasteiger partial charge in [0.2, 0.25) is 0 Å². The molecule has 0 saturated carbocycles. The van der Waals surface area contributed by atoms with Gasteiger partial charge in [-0.1, -0.05) is 24.3 Å². The lowest BCUT2D eigenvalue weighted by Gasteiger charge is -2.19. The third-order valence-electron chi connectivity index (χ3n) is 3.99. The third kappa shape index (κ3) is 2.40. The topological polar surface area (TPSA) is 61.1 Å². The molecule has 3 nitrogen and oxygen atoms in total.